The van der Waals surface area contributed by atoms with Crippen LogP contribution in [0.2, 0.25) is 0 Å². The first-order valence-electron chi connectivity index (χ1n) is 8.40. The number of anilines is 1. The zero-order valence-electron chi connectivity index (χ0n) is 14.3. The summed E-state index contributed by atoms with van der Waals surface area (Å²) < 4.78 is 3.14. The molecule has 2 aromatic heterocycles. The van der Waals surface area contributed by atoms with E-state index in [1.54, 1.807) is 11.8 Å². The van der Waals surface area contributed by atoms with Crippen LogP contribution >= 0.6 is 34.4 Å². The SMILES string of the molecule is O=C(Nc1ccc(I)cc1)c1ccccc1SCc1cn2ccccc2n1. The van der Waals surface area contributed by atoms with E-state index >= 15 is 0 Å². The zero-order chi connectivity index (χ0) is 18.6. The largest absolute Gasteiger partial charge is 0.322 e. The van der Waals surface area contributed by atoms with Gasteiger partial charge in [-0.2, -0.15) is 0 Å². The van der Waals surface area contributed by atoms with Gasteiger partial charge in [0.05, 0.1) is 11.3 Å². The van der Waals surface area contributed by atoms with Gasteiger partial charge in [-0.15, -0.1) is 11.8 Å². The summed E-state index contributed by atoms with van der Waals surface area (Å²) in [5, 5.41) is 2.97. The van der Waals surface area contributed by atoms with Crippen molar-refractivity contribution in [1.82, 2.24) is 9.38 Å². The quantitative estimate of drug-likeness (QED) is 0.301. The van der Waals surface area contributed by atoms with E-state index in [0.717, 1.165) is 25.5 Å². The molecule has 0 atom stereocenters. The van der Waals surface area contributed by atoms with Gasteiger partial charge in [0, 0.05) is 32.3 Å². The maximum Gasteiger partial charge on any atom is 0.256 e. The lowest BCUT2D eigenvalue weighted by Crippen LogP contribution is -2.12. The monoisotopic (exact) mass is 485 g/mol. The third-order valence-corrected chi connectivity index (χ3v) is 5.85. The predicted molar refractivity (Wildman–Crippen MR) is 118 cm³/mol. The molecule has 2 aromatic carbocycles. The van der Waals surface area contributed by atoms with Crippen molar-refractivity contribution in [2.45, 2.75) is 10.6 Å². The summed E-state index contributed by atoms with van der Waals surface area (Å²) in [4.78, 5) is 18.3. The number of aromatic nitrogens is 2. The van der Waals surface area contributed by atoms with Gasteiger partial charge >= 0.3 is 0 Å². The summed E-state index contributed by atoms with van der Waals surface area (Å²) in [6.07, 6.45) is 4.01. The summed E-state index contributed by atoms with van der Waals surface area (Å²) in [6, 6.07) is 21.4. The van der Waals surface area contributed by atoms with Gasteiger partial charge < -0.3 is 9.72 Å². The second-order valence-corrected chi connectivity index (χ2v) is 8.21. The Morgan fingerprint density at radius 2 is 1.81 bits per heavy atom. The summed E-state index contributed by atoms with van der Waals surface area (Å²) in [5.74, 6) is 0.601. The Morgan fingerprint density at radius 1 is 1.04 bits per heavy atom. The maximum atomic E-state index is 12.7. The minimum absolute atomic E-state index is 0.102. The molecule has 27 heavy (non-hydrogen) atoms. The molecule has 0 spiro atoms. The summed E-state index contributed by atoms with van der Waals surface area (Å²) in [7, 11) is 0. The molecule has 0 aliphatic heterocycles. The van der Waals surface area contributed by atoms with Crippen molar-refractivity contribution in [3.05, 3.63) is 94.0 Å². The summed E-state index contributed by atoms with van der Waals surface area (Å²) >= 11 is 3.86. The number of rotatable bonds is 5. The molecule has 0 unspecified atom stereocenters. The first-order chi connectivity index (χ1) is 13.2. The smallest absolute Gasteiger partial charge is 0.256 e. The van der Waals surface area contributed by atoms with Gasteiger partial charge in [0.25, 0.3) is 5.91 Å². The fourth-order valence-electron chi connectivity index (χ4n) is 2.72. The minimum atomic E-state index is -0.102. The number of benzene rings is 2. The van der Waals surface area contributed by atoms with E-state index in [-0.39, 0.29) is 5.91 Å². The minimum Gasteiger partial charge on any atom is -0.322 e. The van der Waals surface area contributed by atoms with Gasteiger partial charge in [-0.1, -0.05) is 18.2 Å². The Labute approximate surface area is 175 Å². The van der Waals surface area contributed by atoms with Gasteiger partial charge in [0.2, 0.25) is 0 Å². The number of fused-ring (bicyclic) bond motifs is 1. The van der Waals surface area contributed by atoms with Gasteiger partial charge in [-0.3, -0.25) is 4.79 Å². The molecular weight excluding hydrogens is 469 g/mol. The van der Waals surface area contributed by atoms with Crippen LogP contribution in [0.5, 0.6) is 0 Å². The van der Waals surface area contributed by atoms with Crippen LogP contribution in [0.3, 0.4) is 0 Å². The van der Waals surface area contributed by atoms with Crippen LogP contribution in [0, 0.1) is 3.57 Å². The van der Waals surface area contributed by atoms with Crippen LogP contribution in [0.15, 0.2) is 84.0 Å². The van der Waals surface area contributed by atoms with Gasteiger partial charge in [-0.05, 0) is 71.1 Å². The van der Waals surface area contributed by atoms with E-state index in [9.17, 15) is 4.79 Å². The molecule has 0 aliphatic carbocycles. The van der Waals surface area contributed by atoms with E-state index in [1.165, 1.54) is 0 Å². The second kappa shape index (κ2) is 8.14. The van der Waals surface area contributed by atoms with Crippen molar-refractivity contribution < 1.29 is 4.79 Å². The number of carbonyl (C=O) groups excluding carboxylic acids is 1. The van der Waals surface area contributed by atoms with E-state index in [2.05, 4.69) is 32.9 Å². The topological polar surface area (TPSA) is 46.4 Å². The number of hydrogen-bond acceptors (Lipinski definition) is 3. The predicted octanol–water partition coefficient (Wildman–Crippen LogP) is 5.48. The first-order valence-corrected chi connectivity index (χ1v) is 10.5. The molecular formula is C21H16IN3OS. The van der Waals surface area contributed by atoms with E-state index in [1.807, 2.05) is 83.5 Å². The summed E-state index contributed by atoms with van der Waals surface area (Å²) in [5.41, 5.74) is 3.38. The van der Waals surface area contributed by atoms with E-state index in [0.29, 0.717) is 11.3 Å². The highest BCUT2D eigenvalue weighted by atomic mass is 127. The normalized spacial score (nSPS) is 10.9. The molecule has 0 bridgehead atoms. The van der Waals surface area contributed by atoms with Crippen LogP contribution in [0.4, 0.5) is 5.69 Å². The lowest BCUT2D eigenvalue weighted by atomic mass is 10.2. The van der Waals surface area contributed by atoms with Crippen molar-refractivity contribution in [3.63, 3.8) is 0 Å². The fraction of sp³-hybridized carbons (Fsp3) is 0.0476. The molecule has 0 aliphatic rings. The molecule has 0 fully saturated rings. The first kappa shape index (κ1) is 18.1. The second-order valence-electron chi connectivity index (χ2n) is 5.94. The molecule has 1 N–H and O–H groups in total. The van der Waals surface area contributed by atoms with Crippen molar-refractivity contribution in [2.24, 2.45) is 0 Å². The summed E-state index contributed by atoms with van der Waals surface area (Å²) in [6.45, 7) is 0. The van der Waals surface area contributed by atoms with Crippen LogP contribution in [0.25, 0.3) is 5.65 Å². The van der Waals surface area contributed by atoms with Crippen molar-refractivity contribution in [2.75, 3.05) is 5.32 Å². The molecule has 4 aromatic rings. The highest BCUT2D eigenvalue weighted by Crippen LogP contribution is 2.27. The molecule has 1 amide bonds. The Morgan fingerprint density at radius 3 is 2.63 bits per heavy atom. The van der Waals surface area contributed by atoms with Crippen LogP contribution in [-0.2, 0) is 5.75 Å². The molecule has 4 nitrogen and oxygen atoms in total. The number of thioether (sulfide) groups is 1. The molecule has 6 heteroatoms. The number of halogens is 1. The van der Waals surface area contributed by atoms with Crippen LogP contribution < -0.4 is 5.32 Å². The number of amides is 1. The molecule has 2 heterocycles. The van der Waals surface area contributed by atoms with Crippen molar-refractivity contribution in [1.29, 1.82) is 0 Å². The average molecular weight is 485 g/mol. The number of pyridine rings is 1. The molecule has 134 valence electrons. The number of imidazole rings is 1. The lowest BCUT2D eigenvalue weighted by Gasteiger charge is -2.09. The zero-order valence-corrected chi connectivity index (χ0v) is 17.3. The van der Waals surface area contributed by atoms with Gasteiger partial charge in [0.15, 0.2) is 0 Å². The van der Waals surface area contributed by atoms with Gasteiger partial charge in [0.1, 0.15) is 5.65 Å². The number of nitrogens with zero attached hydrogens (tertiary/aromatic N) is 2. The highest BCUT2D eigenvalue weighted by Gasteiger charge is 2.12. The third kappa shape index (κ3) is 4.33. The lowest BCUT2D eigenvalue weighted by molar-refractivity contribution is 0.102. The Bertz CT molecular complexity index is 1060. The molecule has 4 rings (SSSR count). The van der Waals surface area contributed by atoms with Crippen LogP contribution in [-0.4, -0.2) is 15.3 Å². The molecule has 0 saturated carbocycles. The standard InChI is InChI=1S/C21H16IN3OS/c22-15-8-10-16(11-9-15)24-21(26)18-5-1-2-6-19(18)27-14-17-13-25-12-4-3-7-20(25)23-17/h1-13H,14H2,(H,24,26). The maximum absolute atomic E-state index is 12.7. The van der Waals surface area contributed by atoms with Crippen LogP contribution in [0.1, 0.15) is 16.1 Å². The number of carbonyl (C=O) groups is 1. The third-order valence-electron chi connectivity index (χ3n) is 4.02. The van der Waals surface area contributed by atoms with E-state index < -0.39 is 0 Å². The molecule has 0 radical (unpaired) electrons. The van der Waals surface area contributed by atoms with Gasteiger partial charge in [-0.25, -0.2) is 4.98 Å². The fourth-order valence-corrected chi connectivity index (χ4v) is 4.01. The Hall–Kier alpha value is -2.32. The number of nitrogens with one attached hydrogen (secondary N) is 1. The van der Waals surface area contributed by atoms with E-state index in [4.69, 9.17) is 0 Å². The highest BCUT2D eigenvalue weighted by molar-refractivity contribution is 14.1. The average Bonchev–Trinajstić information content (AvgIpc) is 3.11. The number of hydrogen-bond donors (Lipinski definition) is 1. The van der Waals surface area contributed by atoms with Crippen molar-refractivity contribution >= 4 is 51.6 Å². The molecule has 0 saturated heterocycles. The Kier molecular flexibility index (Phi) is 5.45. The van der Waals surface area contributed by atoms with Crippen molar-refractivity contribution in [3.8, 4) is 0 Å². The Balaban J connectivity index is 1.50.